The highest BCUT2D eigenvalue weighted by atomic mass is 32.1. The van der Waals surface area contributed by atoms with Crippen molar-refractivity contribution >= 4 is 67.8 Å². The number of hydrogen-bond donors (Lipinski definition) is 12. The number of carbonyl (C=O) groups excluding carboxylic acids is 7. The summed E-state index contributed by atoms with van der Waals surface area (Å²) < 4.78 is 32.6. The maximum absolute atomic E-state index is 13.9. The van der Waals surface area contributed by atoms with Crippen molar-refractivity contribution < 1.29 is 76.5 Å². The number of phosphoric acid groups is 1. The molecule has 1 saturated heterocycles. The van der Waals surface area contributed by atoms with Gasteiger partial charge in [-0.25, -0.2) is 9.55 Å². The number of rotatable bonds is 32. The average Bonchev–Trinajstić information content (AvgIpc) is 3.95. The van der Waals surface area contributed by atoms with Crippen LogP contribution in [0.3, 0.4) is 0 Å². The number of ether oxygens (including phenoxy) is 2. The molecule has 0 aromatic carbocycles. The second-order valence-electron chi connectivity index (χ2n) is 15.2. The van der Waals surface area contributed by atoms with Crippen molar-refractivity contribution in [1.29, 1.82) is 0 Å². The van der Waals surface area contributed by atoms with Gasteiger partial charge in [0.25, 0.3) is 0 Å². The van der Waals surface area contributed by atoms with Crippen LogP contribution in [0, 0.1) is 5.92 Å². The van der Waals surface area contributed by atoms with Crippen molar-refractivity contribution in [3.8, 4) is 0 Å². The maximum Gasteiger partial charge on any atom is 0.472 e. The molecule has 0 saturated carbocycles. The van der Waals surface area contributed by atoms with E-state index in [-0.39, 0.29) is 75.7 Å². The van der Waals surface area contributed by atoms with Crippen LogP contribution < -0.4 is 38.1 Å². The van der Waals surface area contributed by atoms with Crippen molar-refractivity contribution in [2.24, 2.45) is 17.4 Å². The summed E-state index contributed by atoms with van der Waals surface area (Å²) in [6, 6.07) is -7.86. The van der Waals surface area contributed by atoms with Gasteiger partial charge in [0, 0.05) is 37.2 Å². The van der Waals surface area contributed by atoms with Crippen molar-refractivity contribution in [2.75, 3.05) is 58.5 Å². The van der Waals surface area contributed by atoms with Crippen LogP contribution in [0.4, 0.5) is 0 Å². The number of aromatic amines is 1. The molecule has 0 bridgehead atoms. The van der Waals surface area contributed by atoms with Gasteiger partial charge in [-0.1, -0.05) is 13.8 Å². The predicted molar refractivity (Wildman–Crippen MR) is 230 cm³/mol. The predicted octanol–water partition coefficient (Wildman–Crippen LogP) is -3.80. The molecule has 2 rings (SSSR count). The molecule has 0 radical (unpaired) electrons. The smallest absolute Gasteiger partial charge is 0.472 e. The molecule has 8 atom stereocenters. The molecule has 28 heteroatoms. The first-order valence-electron chi connectivity index (χ1n) is 20.7. The Bertz CT molecular complexity index is 1780. The number of phosphoric ester groups is 1. The van der Waals surface area contributed by atoms with Gasteiger partial charge in [-0.2, -0.15) is 12.6 Å². The van der Waals surface area contributed by atoms with Crippen LogP contribution in [-0.4, -0.2) is 178 Å². The van der Waals surface area contributed by atoms with E-state index in [4.69, 9.17) is 30.6 Å². The lowest BCUT2D eigenvalue weighted by atomic mass is 10.0. The van der Waals surface area contributed by atoms with Crippen LogP contribution in [0.1, 0.15) is 58.6 Å². The van der Waals surface area contributed by atoms with Gasteiger partial charge in [0.15, 0.2) is 0 Å². The topological polar surface area (TPSA) is 395 Å². The van der Waals surface area contributed by atoms with Crippen LogP contribution in [0.5, 0.6) is 0 Å². The Morgan fingerprint density at radius 3 is 2.17 bits per heavy atom. The highest BCUT2D eigenvalue weighted by Crippen LogP contribution is 2.45. The summed E-state index contributed by atoms with van der Waals surface area (Å²) in [6.45, 7) is 4.13. The first-order valence-corrected chi connectivity index (χ1v) is 22.9. The monoisotopic (exact) mass is 966 g/mol. The number of primary amides is 1. The van der Waals surface area contributed by atoms with Gasteiger partial charge in [-0.3, -0.25) is 47.4 Å². The molecule has 7 amide bonds. The van der Waals surface area contributed by atoms with Crippen molar-refractivity contribution in [2.45, 2.75) is 102 Å². The van der Waals surface area contributed by atoms with Crippen LogP contribution >= 0.6 is 20.5 Å². The molecule has 1 aromatic rings. The summed E-state index contributed by atoms with van der Waals surface area (Å²) in [4.78, 5) is 120. The number of nitrogens with two attached hydrogens (primary N) is 2. The number of nitrogens with one attached hydrogen (secondary N) is 6. The van der Waals surface area contributed by atoms with Gasteiger partial charge in [0.2, 0.25) is 41.4 Å². The van der Waals surface area contributed by atoms with Gasteiger partial charge < -0.3 is 72.5 Å². The highest BCUT2D eigenvalue weighted by molar-refractivity contribution is 7.80. The molecule has 1 aliphatic rings. The number of likely N-dealkylation sites (tertiary alicyclic amines) is 1. The number of thiol groups is 1. The Balaban J connectivity index is 2.07. The minimum atomic E-state index is -4.96. The summed E-state index contributed by atoms with van der Waals surface area (Å²) in [5.41, 5.74) is 11.3. The van der Waals surface area contributed by atoms with Gasteiger partial charge in [-0.15, -0.1) is 0 Å². The molecule has 1 fully saturated rings. The number of aliphatic hydroxyl groups is 1. The van der Waals surface area contributed by atoms with Crippen LogP contribution in [-0.2, 0) is 67.9 Å². The van der Waals surface area contributed by atoms with Gasteiger partial charge >= 0.3 is 13.8 Å². The van der Waals surface area contributed by atoms with Crippen LogP contribution in [0.25, 0.3) is 0 Å². The van der Waals surface area contributed by atoms with Gasteiger partial charge in [0.1, 0.15) is 30.2 Å². The zero-order valence-electron chi connectivity index (χ0n) is 36.5. The molecule has 0 aliphatic carbocycles. The maximum atomic E-state index is 13.9. The number of hydrogen-bond acceptors (Lipinski definition) is 17. The minimum absolute atomic E-state index is 0.0273. The molecular weight excluding hydrogens is 904 g/mol. The fraction of sp³-hybridized carbons (Fsp3) is 0.703. The van der Waals surface area contributed by atoms with E-state index >= 15 is 0 Å². The third-order valence-corrected chi connectivity index (χ3v) is 11.0. The molecule has 65 heavy (non-hydrogen) atoms. The second-order valence-corrected chi connectivity index (χ2v) is 17.0. The fourth-order valence-corrected chi connectivity index (χ4v) is 7.27. The van der Waals surface area contributed by atoms with E-state index in [2.05, 4.69) is 53.7 Å². The first-order chi connectivity index (χ1) is 30.7. The summed E-state index contributed by atoms with van der Waals surface area (Å²) in [7, 11) is -4.96. The number of carbonyl (C=O) groups is 8. The van der Waals surface area contributed by atoms with E-state index in [1.807, 2.05) is 0 Å². The minimum Gasteiger partial charge on any atom is -0.481 e. The standard InChI is InChI=1S/C37H63N10O16PS/c1-21(2)15-25(44-37(57)28-5-4-9-47(28)29(49)6-10-60-13-14-61-12-8-41-33(53)24(38)19-65)34(54)43-26(16-23-17-40-20-42-23)35(55)45-27(18-48)36(56)46-31(32(39)52)22(3)63-64(58,59)62-11-7-30(50)51/h17,20-22,24-28,31,48,65H,4-16,18-19,38H2,1-3H3,(H2,39,52)(H,40,42)(H,41,53)(H,43,54)(H,44,57)(H,45,55)(H,46,56)(H,50,51)(H,58,59)/t22-,24+,25+,26+,27+,28+,31+/m1/s1. The van der Waals surface area contributed by atoms with Gasteiger partial charge in [0.05, 0.1) is 71.0 Å². The normalized spacial score (nSPS) is 17.4. The Morgan fingerprint density at radius 1 is 0.923 bits per heavy atom. The van der Waals surface area contributed by atoms with E-state index in [1.54, 1.807) is 13.8 Å². The lowest BCUT2D eigenvalue weighted by molar-refractivity contribution is -0.140. The molecule has 2 heterocycles. The number of aliphatic carboxylic acids is 1. The third-order valence-electron chi connectivity index (χ3n) is 9.50. The lowest BCUT2D eigenvalue weighted by Gasteiger charge is -2.29. The second kappa shape index (κ2) is 29.0. The zero-order valence-corrected chi connectivity index (χ0v) is 38.3. The van der Waals surface area contributed by atoms with E-state index in [1.165, 1.54) is 17.4 Å². The van der Waals surface area contributed by atoms with E-state index in [9.17, 15) is 52.9 Å². The molecule has 13 N–H and O–H groups in total. The molecular formula is C37H63N10O16PS. The average molecular weight is 967 g/mol. The number of aromatic nitrogens is 2. The van der Waals surface area contributed by atoms with Crippen LogP contribution in [0.2, 0.25) is 0 Å². The van der Waals surface area contributed by atoms with Crippen molar-refractivity contribution in [3.05, 3.63) is 18.2 Å². The summed E-state index contributed by atoms with van der Waals surface area (Å²) in [6.07, 6.45) is 1.12. The number of aliphatic hydroxyl groups excluding tert-OH is 1. The summed E-state index contributed by atoms with van der Waals surface area (Å²) >= 11 is 3.97. The Morgan fingerprint density at radius 2 is 1.57 bits per heavy atom. The third kappa shape index (κ3) is 21.0. The highest BCUT2D eigenvalue weighted by Gasteiger charge is 2.38. The lowest BCUT2D eigenvalue weighted by Crippen LogP contribution is -2.61. The molecule has 1 unspecified atom stereocenters. The Hall–Kier alpha value is -4.73. The quantitative estimate of drug-likeness (QED) is 0.0187. The Labute approximate surface area is 380 Å². The fourth-order valence-electron chi connectivity index (χ4n) is 6.18. The van der Waals surface area contributed by atoms with Crippen molar-refractivity contribution in [1.82, 2.24) is 41.5 Å². The number of nitrogens with zero attached hydrogens (tertiary/aromatic N) is 2. The van der Waals surface area contributed by atoms with Crippen LogP contribution in [0.15, 0.2) is 12.5 Å². The molecule has 1 aromatic heterocycles. The SMILES string of the molecule is CC(C)C[C@H](NC(=O)[C@@H]1CCCN1C(=O)CCOCCOCCNC(=O)[C@@H](N)CS)C(=O)N[C@@H](Cc1cnc[nH]1)C(=O)N[C@@H](CO)C(=O)N[C@H](C(N)=O)[C@@H](C)OP(=O)(O)OCCC(=O)O. The van der Waals surface area contributed by atoms with Crippen molar-refractivity contribution in [3.63, 3.8) is 0 Å². The number of carboxylic acids is 1. The first kappa shape index (κ1) is 56.4. The summed E-state index contributed by atoms with van der Waals surface area (Å²) in [5, 5.41) is 31.2. The van der Waals surface area contributed by atoms with E-state index < -0.39 is 105 Å². The number of carboxylic acid groups (broad SMARTS) is 1. The zero-order chi connectivity index (χ0) is 48.7. The summed E-state index contributed by atoms with van der Waals surface area (Å²) in [5.74, 6) is -6.78. The molecule has 368 valence electrons. The number of amides is 7. The molecule has 26 nitrogen and oxygen atoms in total. The molecule has 0 spiro atoms. The van der Waals surface area contributed by atoms with E-state index in [0.717, 1.165) is 6.92 Å². The van der Waals surface area contributed by atoms with Gasteiger partial charge in [-0.05, 0) is 32.1 Å². The Kier molecular flexibility index (Phi) is 25.2. The number of H-pyrrole nitrogens is 1. The number of imidazole rings is 1. The largest absolute Gasteiger partial charge is 0.481 e. The van der Waals surface area contributed by atoms with E-state index in [0.29, 0.717) is 25.1 Å². The molecule has 1 aliphatic heterocycles.